The van der Waals surface area contributed by atoms with Gasteiger partial charge >= 0.3 is 6.03 Å². The average Bonchev–Trinajstić information content (AvgIpc) is 2.76. The molecule has 30 heavy (non-hydrogen) atoms. The number of urea groups is 1. The number of nitrogens with zero attached hydrogens (tertiary/aromatic N) is 4. The van der Waals surface area contributed by atoms with Gasteiger partial charge in [0.1, 0.15) is 0 Å². The van der Waals surface area contributed by atoms with Crippen molar-refractivity contribution >= 4 is 11.9 Å². The highest BCUT2D eigenvalue weighted by atomic mass is 16.2. The Morgan fingerprint density at radius 3 is 2.13 bits per heavy atom. The largest absolute Gasteiger partial charge is 0.355 e. The van der Waals surface area contributed by atoms with Crippen molar-refractivity contribution in [2.24, 2.45) is 0 Å². The molecule has 2 fully saturated rings. The lowest BCUT2D eigenvalue weighted by Gasteiger charge is -2.36. The Morgan fingerprint density at radius 1 is 0.867 bits per heavy atom. The summed E-state index contributed by atoms with van der Waals surface area (Å²) in [5, 5.41) is 3.06. The van der Waals surface area contributed by atoms with Crippen LogP contribution in [0.1, 0.15) is 30.4 Å². The Labute approximate surface area is 181 Å². The molecule has 2 aliphatic heterocycles. The molecule has 1 aromatic rings. The molecular weight excluding hydrogens is 378 g/mol. The van der Waals surface area contributed by atoms with Gasteiger partial charge in [0.25, 0.3) is 0 Å². The molecule has 3 rings (SSSR count). The molecule has 2 heterocycles. The van der Waals surface area contributed by atoms with Crippen LogP contribution in [0.15, 0.2) is 24.3 Å². The predicted molar refractivity (Wildman–Crippen MR) is 119 cm³/mol. The van der Waals surface area contributed by atoms with Gasteiger partial charge in [-0.1, -0.05) is 30.7 Å². The van der Waals surface area contributed by atoms with Crippen LogP contribution in [0.4, 0.5) is 4.79 Å². The normalized spacial score (nSPS) is 18.3. The lowest BCUT2D eigenvalue weighted by Crippen LogP contribution is -2.51. The number of piperazine rings is 1. The third-order valence-corrected chi connectivity index (χ3v) is 6.02. The molecule has 1 N–H and O–H groups in total. The number of carbonyl (C=O) groups is 2. The predicted octanol–water partition coefficient (Wildman–Crippen LogP) is 1.63. The summed E-state index contributed by atoms with van der Waals surface area (Å²) in [7, 11) is 3.59. The van der Waals surface area contributed by atoms with Gasteiger partial charge in [0.05, 0.1) is 6.42 Å². The molecule has 0 spiro atoms. The summed E-state index contributed by atoms with van der Waals surface area (Å²) in [5.41, 5.74) is 2.30. The molecule has 0 saturated carbocycles. The van der Waals surface area contributed by atoms with E-state index in [1.54, 1.807) is 19.0 Å². The van der Waals surface area contributed by atoms with E-state index >= 15 is 0 Å². The fraction of sp³-hybridized carbons (Fsp3) is 0.652. The quantitative estimate of drug-likeness (QED) is 0.735. The van der Waals surface area contributed by atoms with E-state index in [0.717, 1.165) is 51.4 Å². The van der Waals surface area contributed by atoms with E-state index in [0.29, 0.717) is 6.42 Å². The first kappa shape index (κ1) is 22.6. The van der Waals surface area contributed by atoms with Gasteiger partial charge in [-0.25, -0.2) is 4.79 Å². The molecule has 0 unspecified atom stereocenters. The van der Waals surface area contributed by atoms with Crippen LogP contribution in [-0.4, -0.2) is 98.0 Å². The maximum Gasteiger partial charge on any atom is 0.319 e. The molecule has 2 aliphatic rings. The topological polar surface area (TPSA) is 59.1 Å². The molecule has 0 aromatic heterocycles. The van der Waals surface area contributed by atoms with Crippen LogP contribution in [0.3, 0.4) is 0 Å². The third-order valence-electron chi connectivity index (χ3n) is 6.02. The van der Waals surface area contributed by atoms with Crippen molar-refractivity contribution in [1.29, 1.82) is 0 Å². The monoisotopic (exact) mass is 415 g/mol. The minimum atomic E-state index is 0.0909. The van der Waals surface area contributed by atoms with Crippen LogP contribution in [-0.2, 0) is 17.8 Å². The van der Waals surface area contributed by atoms with E-state index in [-0.39, 0.29) is 11.9 Å². The van der Waals surface area contributed by atoms with Crippen LogP contribution in [0.5, 0.6) is 0 Å². The summed E-state index contributed by atoms with van der Waals surface area (Å²) in [6, 6.07) is 8.45. The molecule has 0 bridgehead atoms. The zero-order valence-corrected chi connectivity index (χ0v) is 18.6. The number of amides is 3. The molecule has 2 saturated heterocycles. The summed E-state index contributed by atoms with van der Waals surface area (Å²) in [6.45, 7) is 8.22. The molecule has 0 aliphatic carbocycles. The number of piperidine rings is 1. The number of hydrogen-bond acceptors (Lipinski definition) is 4. The van der Waals surface area contributed by atoms with Gasteiger partial charge in [0.15, 0.2) is 0 Å². The SMILES string of the molecule is CN(C)C(=O)N1CCN(Cc2ccc(CC(=O)NCCN3CCCCC3)cc2)CC1. The summed E-state index contributed by atoms with van der Waals surface area (Å²) >= 11 is 0. The second-order valence-corrected chi connectivity index (χ2v) is 8.69. The first-order valence-corrected chi connectivity index (χ1v) is 11.3. The van der Waals surface area contributed by atoms with Crippen LogP contribution in [0.25, 0.3) is 0 Å². The van der Waals surface area contributed by atoms with Gasteiger partial charge in [-0.2, -0.15) is 0 Å². The Kier molecular flexibility index (Phi) is 8.51. The third kappa shape index (κ3) is 6.99. The summed E-state index contributed by atoms with van der Waals surface area (Å²) < 4.78 is 0. The molecule has 7 nitrogen and oxygen atoms in total. The van der Waals surface area contributed by atoms with Gasteiger partial charge in [-0.3, -0.25) is 9.69 Å². The molecule has 0 atom stereocenters. The highest BCUT2D eigenvalue weighted by Gasteiger charge is 2.22. The van der Waals surface area contributed by atoms with E-state index in [1.165, 1.54) is 37.9 Å². The summed E-state index contributed by atoms with van der Waals surface area (Å²) in [5.74, 6) is 0.0986. The summed E-state index contributed by atoms with van der Waals surface area (Å²) in [6.07, 6.45) is 4.34. The average molecular weight is 416 g/mol. The van der Waals surface area contributed by atoms with Gasteiger partial charge < -0.3 is 20.0 Å². The first-order valence-electron chi connectivity index (χ1n) is 11.3. The molecule has 7 heteroatoms. The maximum absolute atomic E-state index is 12.2. The van der Waals surface area contributed by atoms with Crippen LogP contribution in [0.2, 0.25) is 0 Å². The van der Waals surface area contributed by atoms with Gasteiger partial charge in [-0.15, -0.1) is 0 Å². The van der Waals surface area contributed by atoms with Crippen molar-refractivity contribution in [3.8, 4) is 0 Å². The Hall–Kier alpha value is -2.12. The maximum atomic E-state index is 12.2. The zero-order valence-electron chi connectivity index (χ0n) is 18.6. The van der Waals surface area contributed by atoms with Crippen molar-refractivity contribution in [3.05, 3.63) is 35.4 Å². The Bertz CT molecular complexity index is 677. The van der Waals surface area contributed by atoms with E-state index in [9.17, 15) is 9.59 Å². The number of nitrogens with one attached hydrogen (secondary N) is 1. The second kappa shape index (κ2) is 11.3. The summed E-state index contributed by atoms with van der Waals surface area (Å²) in [4.78, 5) is 32.6. The van der Waals surface area contributed by atoms with Crippen LogP contribution < -0.4 is 5.32 Å². The Balaban J connectivity index is 1.35. The van der Waals surface area contributed by atoms with E-state index in [1.807, 2.05) is 4.90 Å². The van der Waals surface area contributed by atoms with Crippen LogP contribution >= 0.6 is 0 Å². The highest BCUT2D eigenvalue weighted by molar-refractivity contribution is 5.78. The second-order valence-electron chi connectivity index (χ2n) is 8.69. The van der Waals surface area contributed by atoms with Gasteiger partial charge in [0.2, 0.25) is 5.91 Å². The van der Waals surface area contributed by atoms with E-state index < -0.39 is 0 Å². The highest BCUT2D eigenvalue weighted by Crippen LogP contribution is 2.12. The van der Waals surface area contributed by atoms with E-state index in [4.69, 9.17) is 0 Å². The molecule has 3 amide bonds. The number of rotatable bonds is 7. The zero-order chi connectivity index (χ0) is 21.3. The van der Waals surface area contributed by atoms with Crippen molar-refractivity contribution in [2.45, 2.75) is 32.2 Å². The van der Waals surface area contributed by atoms with Gasteiger partial charge in [-0.05, 0) is 37.1 Å². The molecule has 166 valence electrons. The number of carbonyl (C=O) groups excluding carboxylic acids is 2. The lowest BCUT2D eigenvalue weighted by molar-refractivity contribution is -0.120. The molecule has 0 radical (unpaired) electrons. The van der Waals surface area contributed by atoms with Crippen molar-refractivity contribution in [3.63, 3.8) is 0 Å². The van der Waals surface area contributed by atoms with Crippen molar-refractivity contribution in [1.82, 2.24) is 24.9 Å². The minimum Gasteiger partial charge on any atom is -0.355 e. The first-order chi connectivity index (χ1) is 14.5. The number of likely N-dealkylation sites (tertiary alicyclic amines) is 1. The molecular formula is C23H37N5O2. The van der Waals surface area contributed by atoms with Crippen LogP contribution in [0, 0.1) is 0 Å². The number of hydrogen-bond donors (Lipinski definition) is 1. The van der Waals surface area contributed by atoms with E-state index in [2.05, 4.69) is 39.4 Å². The smallest absolute Gasteiger partial charge is 0.319 e. The van der Waals surface area contributed by atoms with Crippen molar-refractivity contribution in [2.75, 3.05) is 66.5 Å². The number of benzene rings is 1. The van der Waals surface area contributed by atoms with Gasteiger partial charge in [0, 0.05) is 59.9 Å². The lowest BCUT2D eigenvalue weighted by atomic mass is 10.1. The molecule has 1 aromatic carbocycles. The minimum absolute atomic E-state index is 0.0909. The van der Waals surface area contributed by atoms with Crippen molar-refractivity contribution < 1.29 is 9.59 Å². The Morgan fingerprint density at radius 2 is 1.50 bits per heavy atom. The standard InChI is InChI=1S/C23H37N5O2/c1-25(2)23(30)28-16-14-27(15-17-28)19-21-8-6-20(7-9-21)18-22(29)24-10-13-26-11-4-3-5-12-26/h6-9H,3-5,10-19H2,1-2H3,(H,24,29). The fourth-order valence-electron chi connectivity index (χ4n) is 4.19. The fourth-order valence-corrected chi connectivity index (χ4v) is 4.19.